The van der Waals surface area contributed by atoms with Gasteiger partial charge in [0.05, 0.1) is 6.54 Å². The number of rotatable bonds is 3. The van der Waals surface area contributed by atoms with Crippen molar-refractivity contribution in [3.05, 3.63) is 36.3 Å². The average Bonchev–Trinajstić information content (AvgIpc) is 2.61. The van der Waals surface area contributed by atoms with Crippen LogP contribution in [-0.4, -0.2) is 19.5 Å². The normalized spacial score (nSPS) is 10.3. The maximum atomic E-state index is 4.24. The van der Waals surface area contributed by atoms with Crippen LogP contribution in [0, 0.1) is 6.92 Å². The van der Waals surface area contributed by atoms with Crippen LogP contribution < -0.4 is 5.32 Å². The lowest BCUT2D eigenvalue weighted by molar-refractivity contribution is 0.809. The molecule has 0 aliphatic heterocycles. The molecule has 15 heavy (non-hydrogen) atoms. The van der Waals surface area contributed by atoms with Gasteiger partial charge in [0.15, 0.2) is 0 Å². The molecule has 0 spiro atoms. The van der Waals surface area contributed by atoms with E-state index in [1.165, 1.54) is 0 Å². The molecule has 0 amide bonds. The fourth-order valence-corrected chi connectivity index (χ4v) is 1.29. The Morgan fingerprint density at radius 3 is 2.87 bits per heavy atom. The monoisotopic (exact) mass is 203 g/mol. The molecule has 0 atom stereocenters. The second-order valence-corrected chi connectivity index (χ2v) is 3.30. The van der Waals surface area contributed by atoms with Gasteiger partial charge >= 0.3 is 0 Å². The van der Waals surface area contributed by atoms with E-state index in [0.29, 0.717) is 6.54 Å². The number of nitrogens with one attached hydrogen (secondary N) is 1. The summed E-state index contributed by atoms with van der Waals surface area (Å²) in [5.74, 6) is 2.57. The molecule has 2 heterocycles. The Morgan fingerprint density at radius 1 is 1.33 bits per heavy atom. The van der Waals surface area contributed by atoms with E-state index >= 15 is 0 Å². The smallest absolute Gasteiger partial charge is 0.130 e. The predicted octanol–water partition coefficient (Wildman–Crippen LogP) is 1.13. The summed E-state index contributed by atoms with van der Waals surface area (Å²) in [6.07, 6.45) is 5.44. The Kier molecular flexibility index (Phi) is 2.62. The fraction of sp³-hybridized carbons (Fsp3) is 0.300. The molecule has 0 saturated carbocycles. The standard InChI is InChI=1S/C10H13N5/c1-8-11-4-3-9(14-8)13-7-10-12-5-6-15(10)2/h3-6H,7H2,1-2H3,(H,11,13,14). The zero-order chi connectivity index (χ0) is 10.7. The summed E-state index contributed by atoms with van der Waals surface area (Å²) >= 11 is 0. The van der Waals surface area contributed by atoms with Gasteiger partial charge in [-0.05, 0) is 13.0 Å². The quantitative estimate of drug-likeness (QED) is 0.812. The summed E-state index contributed by atoms with van der Waals surface area (Å²) < 4.78 is 1.97. The molecule has 0 aliphatic carbocycles. The highest BCUT2D eigenvalue weighted by molar-refractivity contribution is 5.32. The van der Waals surface area contributed by atoms with Gasteiger partial charge in [-0.2, -0.15) is 0 Å². The van der Waals surface area contributed by atoms with Gasteiger partial charge in [0.25, 0.3) is 0 Å². The van der Waals surface area contributed by atoms with Crippen LogP contribution in [0.3, 0.4) is 0 Å². The minimum atomic E-state index is 0.667. The molecular weight excluding hydrogens is 190 g/mol. The van der Waals surface area contributed by atoms with Crippen molar-refractivity contribution < 1.29 is 0 Å². The molecule has 0 unspecified atom stereocenters. The fourth-order valence-electron chi connectivity index (χ4n) is 1.29. The van der Waals surface area contributed by atoms with Crippen molar-refractivity contribution in [2.24, 2.45) is 7.05 Å². The molecule has 0 aliphatic rings. The van der Waals surface area contributed by atoms with Crippen LogP contribution in [0.5, 0.6) is 0 Å². The van der Waals surface area contributed by atoms with Crippen molar-refractivity contribution >= 4 is 5.82 Å². The Hall–Kier alpha value is -1.91. The van der Waals surface area contributed by atoms with Crippen molar-refractivity contribution in [1.29, 1.82) is 0 Å². The molecule has 5 heteroatoms. The van der Waals surface area contributed by atoms with E-state index in [0.717, 1.165) is 17.5 Å². The molecule has 0 bridgehead atoms. The molecule has 0 saturated heterocycles. The van der Waals surface area contributed by atoms with Crippen LogP contribution in [0.1, 0.15) is 11.6 Å². The third-order valence-electron chi connectivity index (χ3n) is 2.12. The highest BCUT2D eigenvalue weighted by Gasteiger charge is 1.99. The first kappa shape index (κ1) is 9.64. The number of anilines is 1. The zero-order valence-electron chi connectivity index (χ0n) is 8.81. The summed E-state index contributed by atoms with van der Waals surface area (Å²) in [6.45, 7) is 2.53. The van der Waals surface area contributed by atoms with E-state index in [-0.39, 0.29) is 0 Å². The van der Waals surface area contributed by atoms with Crippen molar-refractivity contribution in [2.75, 3.05) is 5.32 Å². The van der Waals surface area contributed by atoms with Gasteiger partial charge in [0.1, 0.15) is 17.5 Å². The maximum Gasteiger partial charge on any atom is 0.130 e. The van der Waals surface area contributed by atoms with Crippen LogP contribution in [0.15, 0.2) is 24.7 Å². The van der Waals surface area contributed by atoms with Gasteiger partial charge in [-0.15, -0.1) is 0 Å². The number of aryl methyl sites for hydroxylation is 2. The van der Waals surface area contributed by atoms with E-state index in [4.69, 9.17) is 0 Å². The second-order valence-electron chi connectivity index (χ2n) is 3.30. The minimum absolute atomic E-state index is 0.667. The summed E-state index contributed by atoms with van der Waals surface area (Å²) in [6, 6.07) is 1.84. The van der Waals surface area contributed by atoms with E-state index in [2.05, 4.69) is 20.3 Å². The molecule has 2 aromatic heterocycles. The summed E-state index contributed by atoms with van der Waals surface area (Å²) in [5, 5.41) is 3.19. The molecule has 0 fully saturated rings. The highest BCUT2D eigenvalue weighted by atomic mass is 15.1. The second kappa shape index (κ2) is 4.08. The largest absolute Gasteiger partial charge is 0.363 e. The number of hydrogen-bond acceptors (Lipinski definition) is 4. The van der Waals surface area contributed by atoms with Crippen LogP contribution in [0.25, 0.3) is 0 Å². The molecule has 1 N–H and O–H groups in total. The first-order valence-corrected chi connectivity index (χ1v) is 4.75. The van der Waals surface area contributed by atoms with Crippen molar-refractivity contribution in [2.45, 2.75) is 13.5 Å². The lowest BCUT2D eigenvalue weighted by Gasteiger charge is -2.05. The number of aromatic nitrogens is 4. The minimum Gasteiger partial charge on any atom is -0.363 e. The number of imidazole rings is 1. The van der Waals surface area contributed by atoms with E-state index < -0.39 is 0 Å². The summed E-state index contributed by atoms with van der Waals surface area (Å²) in [4.78, 5) is 12.5. The van der Waals surface area contributed by atoms with Crippen molar-refractivity contribution in [1.82, 2.24) is 19.5 Å². The first-order chi connectivity index (χ1) is 7.25. The topological polar surface area (TPSA) is 55.6 Å². The molecular formula is C10H13N5. The SMILES string of the molecule is Cc1nccc(NCc2nccn2C)n1. The van der Waals surface area contributed by atoms with Gasteiger partial charge in [-0.1, -0.05) is 0 Å². The van der Waals surface area contributed by atoms with E-state index in [1.807, 2.05) is 30.8 Å². The van der Waals surface area contributed by atoms with Gasteiger partial charge in [0.2, 0.25) is 0 Å². The Morgan fingerprint density at radius 2 is 2.20 bits per heavy atom. The first-order valence-electron chi connectivity index (χ1n) is 4.75. The summed E-state index contributed by atoms with van der Waals surface area (Å²) in [5.41, 5.74) is 0. The Bertz CT molecular complexity index is 449. The van der Waals surface area contributed by atoms with Gasteiger partial charge in [-0.25, -0.2) is 15.0 Å². The summed E-state index contributed by atoms with van der Waals surface area (Å²) in [7, 11) is 1.97. The van der Waals surface area contributed by atoms with Gasteiger partial charge in [-0.3, -0.25) is 0 Å². The van der Waals surface area contributed by atoms with Gasteiger partial charge in [0, 0.05) is 25.6 Å². The molecule has 78 valence electrons. The van der Waals surface area contributed by atoms with E-state index in [9.17, 15) is 0 Å². The number of hydrogen-bond donors (Lipinski definition) is 1. The van der Waals surface area contributed by atoms with Crippen LogP contribution in [0.2, 0.25) is 0 Å². The third kappa shape index (κ3) is 2.31. The molecule has 0 aromatic carbocycles. The Labute approximate surface area is 88.2 Å². The zero-order valence-corrected chi connectivity index (χ0v) is 8.81. The molecule has 0 radical (unpaired) electrons. The van der Waals surface area contributed by atoms with Crippen molar-refractivity contribution in [3.8, 4) is 0 Å². The maximum absolute atomic E-state index is 4.24. The van der Waals surface area contributed by atoms with Crippen LogP contribution in [0.4, 0.5) is 5.82 Å². The number of nitrogens with zero attached hydrogens (tertiary/aromatic N) is 4. The lowest BCUT2D eigenvalue weighted by Crippen LogP contribution is -2.07. The molecule has 2 aromatic rings. The molecule has 5 nitrogen and oxygen atoms in total. The van der Waals surface area contributed by atoms with E-state index in [1.54, 1.807) is 12.4 Å². The molecule has 2 rings (SSSR count). The van der Waals surface area contributed by atoms with Crippen LogP contribution in [-0.2, 0) is 13.6 Å². The predicted molar refractivity (Wildman–Crippen MR) is 57.3 cm³/mol. The van der Waals surface area contributed by atoms with Gasteiger partial charge < -0.3 is 9.88 Å². The van der Waals surface area contributed by atoms with Crippen molar-refractivity contribution in [3.63, 3.8) is 0 Å². The lowest BCUT2D eigenvalue weighted by atomic mass is 10.5. The Balaban J connectivity index is 2.02. The van der Waals surface area contributed by atoms with Crippen LogP contribution >= 0.6 is 0 Å². The average molecular weight is 203 g/mol. The highest BCUT2D eigenvalue weighted by Crippen LogP contribution is 2.03. The third-order valence-corrected chi connectivity index (χ3v) is 2.12.